The molecule has 112 valence electrons. The molecule has 1 aliphatic heterocycles. The fraction of sp³-hybridized carbons (Fsp3) is 0.412. The van der Waals surface area contributed by atoms with E-state index < -0.39 is 5.97 Å². The number of amides is 1. The largest absolute Gasteiger partial charge is 0.478 e. The van der Waals surface area contributed by atoms with Gasteiger partial charge in [0.25, 0.3) is 5.91 Å². The number of nitrogens with zero attached hydrogens (tertiary/aromatic N) is 1. The summed E-state index contributed by atoms with van der Waals surface area (Å²) in [5, 5.41) is 8.69. The minimum Gasteiger partial charge on any atom is -0.478 e. The van der Waals surface area contributed by atoms with Crippen LogP contribution in [0.3, 0.4) is 0 Å². The predicted molar refractivity (Wildman–Crippen MR) is 82.2 cm³/mol. The maximum atomic E-state index is 12.5. The van der Waals surface area contributed by atoms with Crippen LogP contribution in [0, 0.1) is 12.8 Å². The lowest BCUT2D eigenvalue weighted by Gasteiger charge is -2.17. The number of carbonyl (C=O) groups is 2. The summed E-state index contributed by atoms with van der Waals surface area (Å²) >= 11 is 0. The van der Waals surface area contributed by atoms with Gasteiger partial charge in [-0.2, -0.15) is 0 Å². The summed E-state index contributed by atoms with van der Waals surface area (Å²) in [5.74, 6) is -0.348. The lowest BCUT2D eigenvalue weighted by Crippen LogP contribution is -2.28. The van der Waals surface area contributed by atoms with Gasteiger partial charge in [0, 0.05) is 24.7 Å². The van der Waals surface area contributed by atoms with E-state index in [-0.39, 0.29) is 5.91 Å². The highest BCUT2D eigenvalue weighted by Crippen LogP contribution is 2.22. The Labute approximate surface area is 125 Å². The number of likely N-dealkylation sites (tertiary alicyclic amines) is 1. The summed E-state index contributed by atoms with van der Waals surface area (Å²) in [7, 11) is 0. The van der Waals surface area contributed by atoms with Crippen LogP contribution in [0.25, 0.3) is 6.08 Å². The van der Waals surface area contributed by atoms with Crippen molar-refractivity contribution in [3.8, 4) is 0 Å². The first-order valence-electron chi connectivity index (χ1n) is 7.31. The minimum atomic E-state index is -0.991. The second-order valence-electron chi connectivity index (χ2n) is 5.62. The maximum Gasteiger partial charge on any atom is 0.328 e. The average Bonchev–Trinajstić information content (AvgIpc) is 2.92. The van der Waals surface area contributed by atoms with Gasteiger partial charge in [0.1, 0.15) is 0 Å². The summed E-state index contributed by atoms with van der Waals surface area (Å²) in [6.45, 7) is 5.70. The first-order valence-corrected chi connectivity index (χ1v) is 7.31. The Balaban J connectivity index is 2.19. The van der Waals surface area contributed by atoms with E-state index >= 15 is 0 Å². The Morgan fingerprint density at radius 1 is 1.38 bits per heavy atom. The molecule has 1 N–H and O–H groups in total. The molecule has 1 aromatic rings. The quantitative estimate of drug-likeness (QED) is 0.866. The van der Waals surface area contributed by atoms with Crippen molar-refractivity contribution in [2.45, 2.75) is 26.7 Å². The standard InChI is InChI=1S/C17H21NO3/c1-3-13-6-7-18(11-13)17(21)15-9-12(2)8-14(10-15)4-5-16(19)20/h4-5,8-10,13H,3,6-7,11H2,1-2H3,(H,19,20)/b5-4+. The first kappa shape index (κ1) is 15.3. The van der Waals surface area contributed by atoms with Crippen LogP contribution in [-0.2, 0) is 4.79 Å². The molecule has 0 aliphatic carbocycles. The van der Waals surface area contributed by atoms with Gasteiger partial charge in [0.05, 0.1) is 0 Å². The van der Waals surface area contributed by atoms with Crippen molar-refractivity contribution in [1.29, 1.82) is 0 Å². The Morgan fingerprint density at radius 2 is 2.14 bits per heavy atom. The van der Waals surface area contributed by atoms with Crippen LogP contribution in [0.4, 0.5) is 0 Å². The molecule has 1 amide bonds. The van der Waals surface area contributed by atoms with Crippen LogP contribution >= 0.6 is 0 Å². The van der Waals surface area contributed by atoms with Crippen molar-refractivity contribution in [3.05, 3.63) is 41.0 Å². The van der Waals surface area contributed by atoms with E-state index in [9.17, 15) is 9.59 Å². The fourth-order valence-corrected chi connectivity index (χ4v) is 2.73. The minimum absolute atomic E-state index is 0.0413. The van der Waals surface area contributed by atoms with Gasteiger partial charge in [0.2, 0.25) is 0 Å². The van der Waals surface area contributed by atoms with Gasteiger partial charge in [-0.05, 0) is 48.6 Å². The number of hydrogen-bond donors (Lipinski definition) is 1. The Morgan fingerprint density at radius 3 is 2.76 bits per heavy atom. The Kier molecular flexibility index (Phi) is 4.78. The molecule has 4 nitrogen and oxygen atoms in total. The summed E-state index contributed by atoms with van der Waals surface area (Å²) < 4.78 is 0. The average molecular weight is 287 g/mol. The molecule has 0 aromatic heterocycles. The van der Waals surface area contributed by atoms with Gasteiger partial charge in [-0.1, -0.05) is 19.4 Å². The third kappa shape index (κ3) is 3.94. The number of hydrogen-bond acceptors (Lipinski definition) is 2. The summed E-state index contributed by atoms with van der Waals surface area (Å²) in [5.41, 5.74) is 2.33. The SMILES string of the molecule is CCC1CCN(C(=O)c2cc(C)cc(/C=C/C(=O)O)c2)C1. The highest BCUT2D eigenvalue weighted by atomic mass is 16.4. The molecular weight excluding hydrogens is 266 g/mol. The number of carboxylic acids is 1. The van der Waals surface area contributed by atoms with Crippen LogP contribution < -0.4 is 0 Å². The van der Waals surface area contributed by atoms with Crippen LogP contribution in [0.5, 0.6) is 0 Å². The molecule has 1 fully saturated rings. The molecule has 0 saturated carbocycles. The summed E-state index contributed by atoms with van der Waals surface area (Å²) in [6.07, 6.45) is 4.78. The van der Waals surface area contributed by atoms with Crippen molar-refractivity contribution >= 4 is 18.0 Å². The number of aryl methyl sites for hydroxylation is 1. The number of aliphatic carboxylic acids is 1. The lowest BCUT2D eigenvalue weighted by atomic mass is 10.0. The predicted octanol–water partition coefficient (Wildman–Crippen LogP) is 2.96. The van der Waals surface area contributed by atoms with E-state index in [0.717, 1.165) is 43.1 Å². The van der Waals surface area contributed by atoms with E-state index in [1.54, 1.807) is 6.07 Å². The Hall–Kier alpha value is -2.10. The van der Waals surface area contributed by atoms with E-state index in [0.29, 0.717) is 11.5 Å². The van der Waals surface area contributed by atoms with E-state index in [1.165, 1.54) is 6.08 Å². The molecule has 0 bridgehead atoms. The number of benzene rings is 1. The molecule has 0 spiro atoms. The summed E-state index contributed by atoms with van der Waals surface area (Å²) in [6, 6.07) is 5.49. The zero-order valence-corrected chi connectivity index (χ0v) is 12.5. The number of rotatable bonds is 4. The molecule has 1 unspecified atom stereocenters. The van der Waals surface area contributed by atoms with Crippen LogP contribution in [-0.4, -0.2) is 35.0 Å². The fourth-order valence-electron chi connectivity index (χ4n) is 2.73. The summed E-state index contributed by atoms with van der Waals surface area (Å²) in [4.78, 5) is 25.0. The molecule has 1 aliphatic rings. The van der Waals surface area contributed by atoms with Crippen molar-refractivity contribution in [2.75, 3.05) is 13.1 Å². The van der Waals surface area contributed by atoms with Crippen molar-refractivity contribution in [1.82, 2.24) is 4.90 Å². The Bertz CT molecular complexity index is 577. The zero-order chi connectivity index (χ0) is 15.4. The number of carbonyl (C=O) groups excluding carboxylic acids is 1. The van der Waals surface area contributed by atoms with E-state index in [4.69, 9.17) is 5.11 Å². The molecule has 1 heterocycles. The van der Waals surface area contributed by atoms with Gasteiger partial charge in [0.15, 0.2) is 0 Å². The van der Waals surface area contributed by atoms with Crippen molar-refractivity contribution in [2.24, 2.45) is 5.92 Å². The van der Waals surface area contributed by atoms with Crippen LogP contribution in [0.2, 0.25) is 0 Å². The highest BCUT2D eigenvalue weighted by Gasteiger charge is 2.25. The second-order valence-corrected chi connectivity index (χ2v) is 5.62. The second kappa shape index (κ2) is 6.57. The lowest BCUT2D eigenvalue weighted by molar-refractivity contribution is -0.131. The molecule has 21 heavy (non-hydrogen) atoms. The third-order valence-electron chi connectivity index (χ3n) is 3.92. The molecule has 1 atom stereocenters. The van der Waals surface area contributed by atoms with E-state index in [2.05, 4.69) is 6.92 Å². The van der Waals surface area contributed by atoms with Gasteiger partial charge >= 0.3 is 5.97 Å². The van der Waals surface area contributed by atoms with Crippen molar-refractivity contribution in [3.63, 3.8) is 0 Å². The number of carboxylic acid groups (broad SMARTS) is 1. The normalized spacial score (nSPS) is 18.4. The molecule has 1 aromatic carbocycles. The van der Waals surface area contributed by atoms with Crippen molar-refractivity contribution < 1.29 is 14.7 Å². The van der Waals surface area contributed by atoms with Gasteiger partial charge in [-0.3, -0.25) is 4.79 Å². The van der Waals surface area contributed by atoms with Gasteiger partial charge < -0.3 is 10.0 Å². The topological polar surface area (TPSA) is 57.6 Å². The molecule has 4 heteroatoms. The first-order chi connectivity index (χ1) is 9.99. The highest BCUT2D eigenvalue weighted by molar-refractivity contribution is 5.95. The van der Waals surface area contributed by atoms with Gasteiger partial charge in [-0.25, -0.2) is 4.79 Å². The molecule has 1 saturated heterocycles. The smallest absolute Gasteiger partial charge is 0.328 e. The van der Waals surface area contributed by atoms with Crippen LogP contribution in [0.15, 0.2) is 24.3 Å². The zero-order valence-electron chi connectivity index (χ0n) is 12.5. The molecule has 0 radical (unpaired) electrons. The maximum absolute atomic E-state index is 12.5. The monoisotopic (exact) mass is 287 g/mol. The van der Waals surface area contributed by atoms with E-state index in [1.807, 2.05) is 24.0 Å². The molecule has 2 rings (SSSR count). The molecular formula is C17H21NO3. The van der Waals surface area contributed by atoms with Crippen LogP contribution in [0.1, 0.15) is 41.3 Å². The van der Waals surface area contributed by atoms with Gasteiger partial charge in [-0.15, -0.1) is 0 Å². The third-order valence-corrected chi connectivity index (χ3v) is 3.92.